The molecule has 0 spiro atoms. The Kier molecular flexibility index (Phi) is 36.8. The van der Waals surface area contributed by atoms with E-state index >= 15 is 0 Å². The molecule has 0 aliphatic carbocycles. The molecule has 90 valence electrons. The van der Waals surface area contributed by atoms with E-state index in [1.807, 2.05) is 0 Å². The standard InChI is InChI=1S/3C2H4O2.C2H5.Sn.H/c3*1-2(3)4;1-2;;/h3*1H3,(H,3,4);1H2,2H3;;. The van der Waals surface area contributed by atoms with Crippen LogP contribution in [-0.4, -0.2) is 55.8 Å². The van der Waals surface area contributed by atoms with E-state index in [1.54, 1.807) is 0 Å². The summed E-state index contributed by atoms with van der Waals surface area (Å²) in [6.45, 7) is 5.43. The van der Waals surface area contributed by atoms with Crippen LogP contribution in [0.15, 0.2) is 0 Å². The molecule has 0 aromatic carbocycles. The summed E-state index contributed by atoms with van der Waals surface area (Å²) in [7, 11) is 0. The summed E-state index contributed by atoms with van der Waals surface area (Å²) in [5.74, 6) is -2.50. The summed E-state index contributed by atoms with van der Waals surface area (Å²) in [6, 6.07) is 0. The van der Waals surface area contributed by atoms with E-state index in [2.05, 4.69) is 6.92 Å². The van der Waals surface area contributed by atoms with Crippen molar-refractivity contribution in [1.29, 1.82) is 0 Å². The molecule has 0 bridgehead atoms. The van der Waals surface area contributed by atoms with Gasteiger partial charge in [-0.15, -0.1) is 0 Å². The van der Waals surface area contributed by atoms with E-state index in [4.69, 9.17) is 29.7 Å². The molecular formula is C8H18O6Sn. The molecule has 0 aromatic rings. The molecule has 0 saturated heterocycles. The van der Waals surface area contributed by atoms with Crippen molar-refractivity contribution in [1.82, 2.24) is 0 Å². The summed E-state index contributed by atoms with van der Waals surface area (Å²) in [6.07, 6.45) is 0. The minimum absolute atomic E-state index is 0.833. The number of carboxylic acid groups (broad SMARTS) is 3. The zero-order chi connectivity index (χ0) is 13.4. The molecule has 0 atom stereocenters. The molecule has 0 unspecified atom stereocenters. The molecular weight excluding hydrogens is 311 g/mol. The third-order valence-electron chi connectivity index (χ3n) is 0. The molecule has 0 amide bonds. The van der Waals surface area contributed by atoms with Crippen molar-refractivity contribution in [2.45, 2.75) is 32.1 Å². The molecule has 0 aliphatic heterocycles. The summed E-state index contributed by atoms with van der Waals surface area (Å²) >= 11 is 1.42. The van der Waals surface area contributed by atoms with Gasteiger partial charge in [-0.05, 0) is 0 Å². The first-order valence-electron chi connectivity index (χ1n) is 3.90. The second kappa shape index (κ2) is 23.2. The van der Waals surface area contributed by atoms with Crippen LogP contribution in [0.3, 0.4) is 0 Å². The predicted molar refractivity (Wildman–Crippen MR) is 57.6 cm³/mol. The zero-order valence-electron chi connectivity index (χ0n) is 9.35. The van der Waals surface area contributed by atoms with Crippen LogP contribution < -0.4 is 0 Å². The molecule has 3 N–H and O–H groups in total. The van der Waals surface area contributed by atoms with Gasteiger partial charge in [-0.25, -0.2) is 0 Å². The van der Waals surface area contributed by atoms with Crippen LogP contribution in [0.1, 0.15) is 27.7 Å². The number of hydrogen-bond acceptors (Lipinski definition) is 3. The van der Waals surface area contributed by atoms with E-state index in [-0.39, 0.29) is 0 Å². The van der Waals surface area contributed by atoms with E-state index in [1.165, 1.54) is 27.0 Å². The first kappa shape index (κ1) is 23.8. The number of carbonyl (C=O) groups is 3. The van der Waals surface area contributed by atoms with Gasteiger partial charge in [0.25, 0.3) is 17.9 Å². The van der Waals surface area contributed by atoms with Gasteiger partial charge in [0.05, 0.1) is 0 Å². The van der Waals surface area contributed by atoms with Crippen molar-refractivity contribution in [2.75, 3.05) is 0 Å². The monoisotopic (exact) mass is 330 g/mol. The Bertz CT molecular complexity index is 128. The number of rotatable bonds is 0. The van der Waals surface area contributed by atoms with Gasteiger partial charge in [-0.1, -0.05) is 0 Å². The molecule has 7 heteroatoms. The van der Waals surface area contributed by atoms with Crippen molar-refractivity contribution in [3.63, 3.8) is 0 Å². The second-order valence-corrected chi connectivity index (χ2v) is 4.30. The summed E-state index contributed by atoms with van der Waals surface area (Å²) in [5.41, 5.74) is 0. The molecule has 15 heavy (non-hydrogen) atoms. The average Bonchev–Trinajstić information content (AvgIpc) is 1.81. The fourth-order valence-corrected chi connectivity index (χ4v) is 0. The molecule has 2 radical (unpaired) electrons. The summed E-state index contributed by atoms with van der Waals surface area (Å²) in [5, 5.41) is 22.2. The van der Waals surface area contributed by atoms with Crippen molar-refractivity contribution in [3.8, 4) is 0 Å². The maximum atomic E-state index is 9.00. The molecule has 0 aliphatic rings. The zero-order valence-corrected chi connectivity index (χ0v) is 12.6. The van der Waals surface area contributed by atoms with Crippen LogP contribution in [0.4, 0.5) is 0 Å². The molecule has 0 heterocycles. The van der Waals surface area contributed by atoms with Crippen LogP contribution in [0.25, 0.3) is 0 Å². The molecule has 0 fully saturated rings. The Morgan fingerprint density at radius 3 is 0.867 bits per heavy atom. The Balaban J connectivity index is -0.0000000542. The summed E-state index contributed by atoms with van der Waals surface area (Å²) in [4.78, 5) is 27.0. The van der Waals surface area contributed by atoms with Crippen LogP contribution in [-0.2, 0) is 14.4 Å². The van der Waals surface area contributed by atoms with Crippen LogP contribution in [0.2, 0.25) is 4.44 Å². The van der Waals surface area contributed by atoms with Crippen LogP contribution in [0, 0.1) is 0 Å². The van der Waals surface area contributed by atoms with Crippen LogP contribution in [0.5, 0.6) is 0 Å². The van der Waals surface area contributed by atoms with E-state index in [0.717, 1.165) is 20.8 Å². The van der Waals surface area contributed by atoms with Crippen LogP contribution >= 0.6 is 0 Å². The molecule has 0 rings (SSSR count). The first-order chi connectivity index (χ1) is 6.61. The van der Waals surface area contributed by atoms with Gasteiger partial charge < -0.3 is 15.3 Å². The fraction of sp³-hybridized carbons (Fsp3) is 0.625. The van der Waals surface area contributed by atoms with Gasteiger partial charge in [-0.2, -0.15) is 0 Å². The Morgan fingerprint density at radius 1 is 0.867 bits per heavy atom. The quantitative estimate of drug-likeness (QED) is 0.561. The molecule has 0 saturated carbocycles. The Labute approximate surface area is 102 Å². The van der Waals surface area contributed by atoms with E-state index < -0.39 is 17.9 Å². The van der Waals surface area contributed by atoms with E-state index in [9.17, 15) is 0 Å². The molecule has 0 aromatic heterocycles. The predicted octanol–water partition coefficient (Wildman–Crippen LogP) is 0.598. The molecule has 6 nitrogen and oxygen atoms in total. The van der Waals surface area contributed by atoms with Gasteiger partial charge in [0.15, 0.2) is 0 Å². The normalized spacial score (nSPS) is 6.20. The van der Waals surface area contributed by atoms with Gasteiger partial charge >= 0.3 is 33.9 Å². The Morgan fingerprint density at radius 2 is 0.867 bits per heavy atom. The van der Waals surface area contributed by atoms with Crippen molar-refractivity contribution in [2.24, 2.45) is 0 Å². The third-order valence-corrected chi connectivity index (χ3v) is 0. The topological polar surface area (TPSA) is 112 Å². The van der Waals surface area contributed by atoms with Gasteiger partial charge in [0.2, 0.25) is 0 Å². The van der Waals surface area contributed by atoms with Crippen molar-refractivity contribution < 1.29 is 29.7 Å². The van der Waals surface area contributed by atoms with Gasteiger partial charge in [0.1, 0.15) is 0 Å². The first-order valence-corrected chi connectivity index (χ1v) is 6.23. The number of aliphatic carboxylic acids is 3. The van der Waals surface area contributed by atoms with E-state index in [0.29, 0.717) is 0 Å². The third kappa shape index (κ3) is 2650. The SMILES string of the molecule is CC(=O)O.CC(=O)O.CC(=O)O.C[CH2][SnH]. The average molecular weight is 329 g/mol. The van der Waals surface area contributed by atoms with Gasteiger partial charge in [-0.3, -0.25) is 14.4 Å². The maximum absolute atomic E-state index is 9.00. The van der Waals surface area contributed by atoms with Crippen molar-refractivity contribution in [3.05, 3.63) is 0 Å². The Hall–Kier alpha value is -0.791. The number of carboxylic acids is 3. The second-order valence-electron chi connectivity index (χ2n) is 1.97. The summed E-state index contributed by atoms with van der Waals surface area (Å²) < 4.78 is 1.38. The van der Waals surface area contributed by atoms with Crippen molar-refractivity contribution >= 4 is 40.4 Å². The fourth-order valence-electron chi connectivity index (χ4n) is 0. The van der Waals surface area contributed by atoms with Gasteiger partial charge in [0, 0.05) is 20.8 Å². The minimum atomic E-state index is -0.833. The number of hydrogen-bond donors (Lipinski definition) is 3.